The van der Waals surface area contributed by atoms with Crippen LogP contribution in [0.1, 0.15) is 61.5 Å². The van der Waals surface area contributed by atoms with E-state index in [1.54, 1.807) is 0 Å². The summed E-state index contributed by atoms with van der Waals surface area (Å²) in [6, 6.07) is 1.98. The Morgan fingerprint density at radius 3 is 2.65 bits per heavy atom. The molecule has 4 rings (SSSR count). The highest BCUT2D eigenvalue weighted by Gasteiger charge is 2.35. The maximum atomic E-state index is 12.3. The van der Waals surface area contributed by atoms with Crippen molar-refractivity contribution in [2.75, 3.05) is 0 Å². The van der Waals surface area contributed by atoms with Crippen LogP contribution in [0.15, 0.2) is 15.3 Å². The van der Waals surface area contributed by atoms with E-state index in [2.05, 4.69) is 0 Å². The average molecular weight is 314 g/mol. The van der Waals surface area contributed by atoms with Crippen molar-refractivity contribution >= 4 is 11.0 Å². The molecule has 1 aliphatic carbocycles. The molecule has 0 saturated carbocycles. The highest BCUT2D eigenvalue weighted by Crippen LogP contribution is 2.45. The molecule has 4 nitrogen and oxygen atoms in total. The van der Waals surface area contributed by atoms with Crippen molar-refractivity contribution in [3.63, 3.8) is 0 Å². The van der Waals surface area contributed by atoms with Gasteiger partial charge in [-0.15, -0.1) is 0 Å². The second-order valence-corrected chi connectivity index (χ2v) is 7.43. The van der Waals surface area contributed by atoms with E-state index in [1.807, 2.05) is 26.8 Å². The lowest BCUT2D eigenvalue weighted by atomic mass is 9.86. The molecule has 0 saturated heterocycles. The highest BCUT2D eigenvalue weighted by molar-refractivity contribution is 5.87. The highest BCUT2D eigenvalue weighted by atomic mass is 16.5. The first-order valence-corrected chi connectivity index (χ1v) is 8.36. The molecule has 2 aromatic rings. The van der Waals surface area contributed by atoms with Crippen molar-refractivity contribution in [3.05, 3.63) is 38.7 Å². The SMILES string of the molecule is Cc1c2c(cc3c4c(c(=O)oc13)CCCC4)C(O)CC(C)(C)O2. The molecular formula is C19H22O4. The Balaban J connectivity index is 2.06. The Kier molecular flexibility index (Phi) is 3.11. The third-order valence-electron chi connectivity index (χ3n) is 5.14. The molecule has 2 heterocycles. The first kappa shape index (κ1) is 14.8. The molecule has 1 unspecified atom stereocenters. The molecule has 2 aliphatic rings. The fourth-order valence-corrected chi connectivity index (χ4v) is 4.02. The molecule has 0 amide bonds. The first-order chi connectivity index (χ1) is 10.9. The van der Waals surface area contributed by atoms with Crippen LogP contribution in [0.2, 0.25) is 0 Å². The van der Waals surface area contributed by atoms with Crippen LogP contribution in [0.3, 0.4) is 0 Å². The summed E-state index contributed by atoms with van der Waals surface area (Å²) in [5.41, 5.74) is 3.51. The Morgan fingerprint density at radius 2 is 1.91 bits per heavy atom. The van der Waals surface area contributed by atoms with Crippen molar-refractivity contribution < 1.29 is 14.3 Å². The second kappa shape index (κ2) is 4.84. The lowest BCUT2D eigenvalue weighted by Crippen LogP contribution is -2.35. The zero-order valence-corrected chi connectivity index (χ0v) is 13.9. The van der Waals surface area contributed by atoms with E-state index >= 15 is 0 Å². The third-order valence-corrected chi connectivity index (χ3v) is 5.14. The minimum absolute atomic E-state index is 0.217. The molecule has 23 heavy (non-hydrogen) atoms. The summed E-state index contributed by atoms with van der Waals surface area (Å²) in [5.74, 6) is 0.667. The Labute approximate surface area is 135 Å². The lowest BCUT2D eigenvalue weighted by molar-refractivity contribution is 0.0111. The molecule has 0 bridgehead atoms. The second-order valence-electron chi connectivity index (χ2n) is 7.43. The predicted molar refractivity (Wildman–Crippen MR) is 88.1 cm³/mol. The van der Waals surface area contributed by atoms with Crippen molar-refractivity contribution in [1.29, 1.82) is 0 Å². The third kappa shape index (κ3) is 2.19. The average Bonchev–Trinajstić information content (AvgIpc) is 2.49. The van der Waals surface area contributed by atoms with Gasteiger partial charge in [-0.05, 0) is 58.1 Å². The van der Waals surface area contributed by atoms with E-state index in [-0.39, 0.29) is 5.63 Å². The van der Waals surface area contributed by atoms with Gasteiger partial charge in [0, 0.05) is 28.5 Å². The van der Waals surface area contributed by atoms with Crippen LogP contribution in [0, 0.1) is 6.92 Å². The molecule has 0 radical (unpaired) electrons. The number of ether oxygens (including phenoxy) is 1. The van der Waals surface area contributed by atoms with Gasteiger partial charge >= 0.3 is 5.63 Å². The van der Waals surface area contributed by atoms with Crippen molar-refractivity contribution in [3.8, 4) is 5.75 Å². The van der Waals surface area contributed by atoms with Crippen LogP contribution in [0.4, 0.5) is 0 Å². The van der Waals surface area contributed by atoms with Crippen LogP contribution in [0.5, 0.6) is 5.75 Å². The Hall–Kier alpha value is -1.81. The normalized spacial score (nSPS) is 22.3. The fourth-order valence-electron chi connectivity index (χ4n) is 4.02. The monoisotopic (exact) mass is 314 g/mol. The quantitative estimate of drug-likeness (QED) is 0.755. The lowest BCUT2D eigenvalue weighted by Gasteiger charge is -2.36. The summed E-state index contributed by atoms with van der Waals surface area (Å²) in [6.07, 6.45) is 3.82. The Bertz CT molecular complexity index is 860. The van der Waals surface area contributed by atoms with Gasteiger partial charge in [0.05, 0.1) is 6.10 Å². The van der Waals surface area contributed by atoms with Gasteiger partial charge in [0.1, 0.15) is 16.9 Å². The molecule has 1 atom stereocenters. The van der Waals surface area contributed by atoms with Crippen LogP contribution < -0.4 is 10.4 Å². The molecule has 4 heteroatoms. The van der Waals surface area contributed by atoms with Gasteiger partial charge < -0.3 is 14.3 Å². The smallest absolute Gasteiger partial charge is 0.339 e. The molecule has 1 aliphatic heterocycles. The summed E-state index contributed by atoms with van der Waals surface area (Å²) < 4.78 is 11.7. The summed E-state index contributed by atoms with van der Waals surface area (Å²) in [6.45, 7) is 5.84. The largest absolute Gasteiger partial charge is 0.487 e. The van der Waals surface area contributed by atoms with E-state index in [1.165, 1.54) is 0 Å². The number of rotatable bonds is 0. The molecular weight excluding hydrogens is 292 g/mol. The van der Waals surface area contributed by atoms with Crippen LogP contribution in [-0.2, 0) is 12.8 Å². The molecule has 1 aromatic heterocycles. The molecule has 1 N–H and O–H groups in total. The fraction of sp³-hybridized carbons (Fsp3) is 0.526. The number of hydrogen-bond donors (Lipinski definition) is 1. The van der Waals surface area contributed by atoms with Gasteiger partial charge in [-0.1, -0.05) is 0 Å². The van der Waals surface area contributed by atoms with E-state index in [0.717, 1.165) is 53.3 Å². The zero-order valence-electron chi connectivity index (χ0n) is 13.9. The van der Waals surface area contributed by atoms with Crippen LogP contribution >= 0.6 is 0 Å². The van der Waals surface area contributed by atoms with Gasteiger partial charge in [0.15, 0.2) is 0 Å². The molecule has 0 fully saturated rings. The maximum absolute atomic E-state index is 12.3. The molecule has 0 spiro atoms. The van der Waals surface area contributed by atoms with Gasteiger partial charge in [-0.2, -0.15) is 0 Å². The summed E-state index contributed by atoms with van der Waals surface area (Å²) in [7, 11) is 0. The summed E-state index contributed by atoms with van der Waals surface area (Å²) in [4.78, 5) is 12.3. The summed E-state index contributed by atoms with van der Waals surface area (Å²) in [5, 5.41) is 11.5. The van der Waals surface area contributed by atoms with E-state index in [0.29, 0.717) is 17.8 Å². The summed E-state index contributed by atoms with van der Waals surface area (Å²) >= 11 is 0. The van der Waals surface area contributed by atoms with Crippen molar-refractivity contribution in [1.82, 2.24) is 0 Å². The number of aliphatic hydroxyl groups is 1. The predicted octanol–water partition coefficient (Wildman–Crippen LogP) is 3.57. The van der Waals surface area contributed by atoms with Gasteiger partial charge in [-0.25, -0.2) is 4.79 Å². The molecule has 122 valence electrons. The number of fused-ring (bicyclic) bond motifs is 4. The first-order valence-electron chi connectivity index (χ1n) is 8.36. The number of aliphatic hydroxyl groups excluding tert-OH is 1. The Morgan fingerprint density at radius 1 is 1.22 bits per heavy atom. The zero-order chi connectivity index (χ0) is 16.4. The van der Waals surface area contributed by atoms with Crippen molar-refractivity contribution in [2.24, 2.45) is 0 Å². The number of aryl methyl sites for hydroxylation is 2. The van der Waals surface area contributed by atoms with Crippen LogP contribution in [0.25, 0.3) is 11.0 Å². The minimum atomic E-state index is -0.553. The maximum Gasteiger partial charge on any atom is 0.339 e. The van der Waals surface area contributed by atoms with E-state index in [4.69, 9.17) is 9.15 Å². The number of benzene rings is 1. The van der Waals surface area contributed by atoms with E-state index < -0.39 is 11.7 Å². The van der Waals surface area contributed by atoms with Crippen LogP contribution in [-0.4, -0.2) is 10.7 Å². The van der Waals surface area contributed by atoms with Crippen molar-refractivity contribution in [2.45, 2.75) is 64.6 Å². The van der Waals surface area contributed by atoms with Gasteiger partial charge in [0.25, 0.3) is 0 Å². The standard InChI is InChI=1S/C19H22O4/c1-10-16-13(11-6-4-5-7-12(11)18(21)22-16)8-14-15(20)9-19(2,3)23-17(10)14/h8,15,20H,4-7,9H2,1-3H3. The van der Waals surface area contributed by atoms with Gasteiger partial charge in [-0.3, -0.25) is 0 Å². The number of hydrogen-bond acceptors (Lipinski definition) is 4. The van der Waals surface area contributed by atoms with E-state index in [9.17, 15) is 9.90 Å². The topological polar surface area (TPSA) is 59.7 Å². The minimum Gasteiger partial charge on any atom is -0.487 e. The van der Waals surface area contributed by atoms with Gasteiger partial charge in [0.2, 0.25) is 0 Å². The molecule has 1 aromatic carbocycles.